The molecule has 8 atom stereocenters. The molecule has 312 valence electrons. The van der Waals surface area contributed by atoms with E-state index >= 15 is 0 Å². The number of fused-ring (bicyclic) bond motifs is 5. The summed E-state index contributed by atoms with van der Waals surface area (Å²) in [5, 5.41) is 0. The van der Waals surface area contributed by atoms with Crippen LogP contribution in [0.1, 0.15) is 107 Å². The first kappa shape index (κ1) is 38.3. The van der Waals surface area contributed by atoms with E-state index in [4.69, 9.17) is 0 Å². The minimum absolute atomic E-state index is 0.326. The molecule has 2 heteroatoms. The molecule has 0 bridgehead atoms. The zero-order chi connectivity index (χ0) is 41.0. The first-order chi connectivity index (χ1) is 30.7. The van der Waals surface area contributed by atoms with E-state index in [1.54, 1.807) is 22.4 Å². The van der Waals surface area contributed by atoms with Crippen LogP contribution in [0, 0.1) is 23.7 Å². The Labute approximate surface area is 371 Å². The maximum absolute atomic E-state index is 2.87. The second-order valence-electron chi connectivity index (χ2n) is 19.7. The summed E-state index contributed by atoms with van der Waals surface area (Å²) in [6, 6.07) is 21.8. The SMILES string of the molecule is C1=CC(C2=CC(N3c4ccccc4C4C=C(C5CC=CC6C7=C(CCC=C7)N(C7=CC(C8=CCCC=C8)CC(c8ccccc8)=C7)C65)C=CC43)CC(C3=CCCCC3)C2)=CCC1. The Hall–Kier alpha value is -5.34. The highest BCUT2D eigenvalue weighted by atomic mass is 15.2. The van der Waals surface area contributed by atoms with Crippen LogP contribution < -0.4 is 4.90 Å². The lowest BCUT2D eigenvalue weighted by Gasteiger charge is -2.43. The van der Waals surface area contributed by atoms with Crippen molar-refractivity contribution in [1.29, 1.82) is 0 Å². The Kier molecular flexibility index (Phi) is 10.2. The highest BCUT2D eigenvalue weighted by Gasteiger charge is 2.48. The van der Waals surface area contributed by atoms with Crippen LogP contribution in [0.5, 0.6) is 0 Å². The fourth-order valence-corrected chi connectivity index (χ4v) is 13.3. The van der Waals surface area contributed by atoms with Gasteiger partial charge in [0, 0.05) is 46.8 Å². The van der Waals surface area contributed by atoms with Gasteiger partial charge in [-0.05, 0) is 153 Å². The maximum Gasteiger partial charge on any atom is 0.0586 e. The predicted molar refractivity (Wildman–Crippen MR) is 259 cm³/mol. The zero-order valence-electron chi connectivity index (χ0n) is 36.4. The quantitative estimate of drug-likeness (QED) is 0.257. The molecule has 2 aliphatic heterocycles. The van der Waals surface area contributed by atoms with Crippen LogP contribution in [0.25, 0.3) is 5.57 Å². The van der Waals surface area contributed by atoms with Gasteiger partial charge in [-0.25, -0.2) is 0 Å². The van der Waals surface area contributed by atoms with E-state index in [-0.39, 0.29) is 0 Å². The van der Waals surface area contributed by atoms with Gasteiger partial charge in [-0.3, -0.25) is 0 Å². The van der Waals surface area contributed by atoms with Crippen LogP contribution in [0.4, 0.5) is 5.69 Å². The lowest BCUT2D eigenvalue weighted by molar-refractivity contribution is 0.236. The van der Waals surface area contributed by atoms with Gasteiger partial charge in [0.15, 0.2) is 0 Å². The molecule has 62 heavy (non-hydrogen) atoms. The van der Waals surface area contributed by atoms with Crippen molar-refractivity contribution in [3.8, 4) is 0 Å². The van der Waals surface area contributed by atoms with Crippen molar-refractivity contribution in [2.24, 2.45) is 23.7 Å². The Balaban J connectivity index is 0.914. The third kappa shape index (κ3) is 6.84. The number of hydrogen-bond acceptors (Lipinski definition) is 2. The van der Waals surface area contributed by atoms with Crippen LogP contribution in [-0.4, -0.2) is 23.0 Å². The molecule has 0 amide bonds. The van der Waals surface area contributed by atoms with Crippen molar-refractivity contribution in [3.05, 3.63) is 214 Å². The highest BCUT2D eigenvalue weighted by molar-refractivity contribution is 5.72. The van der Waals surface area contributed by atoms with Gasteiger partial charge in [0.25, 0.3) is 0 Å². The fourth-order valence-electron chi connectivity index (χ4n) is 13.3. The predicted octanol–water partition coefficient (Wildman–Crippen LogP) is 14.7. The molecule has 2 aromatic rings. The normalized spacial score (nSPS) is 32.2. The Morgan fingerprint density at radius 2 is 1.48 bits per heavy atom. The van der Waals surface area contributed by atoms with Crippen molar-refractivity contribution in [2.45, 2.75) is 114 Å². The highest BCUT2D eigenvalue weighted by Crippen LogP contribution is 2.54. The Morgan fingerprint density at radius 3 is 2.34 bits per heavy atom. The molecule has 0 aromatic heterocycles. The fraction of sp³-hybridized carbons (Fsp3) is 0.367. The number of hydrogen-bond donors (Lipinski definition) is 0. The minimum atomic E-state index is 0.326. The van der Waals surface area contributed by atoms with E-state index in [0.717, 1.165) is 44.9 Å². The van der Waals surface area contributed by atoms with Gasteiger partial charge in [-0.1, -0.05) is 151 Å². The molecule has 2 nitrogen and oxygen atoms in total. The average molecular weight is 811 g/mol. The number of benzene rings is 2. The molecule has 8 unspecified atom stereocenters. The molecule has 2 heterocycles. The van der Waals surface area contributed by atoms with E-state index in [2.05, 4.69) is 168 Å². The molecule has 0 radical (unpaired) electrons. The molecule has 0 fully saturated rings. The number of anilines is 1. The molecule has 2 aromatic carbocycles. The van der Waals surface area contributed by atoms with E-state index < -0.39 is 0 Å². The summed E-state index contributed by atoms with van der Waals surface area (Å²) in [4.78, 5) is 5.73. The second kappa shape index (κ2) is 16.4. The lowest BCUT2D eigenvalue weighted by Crippen LogP contribution is -2.44. The van der Waals surface area contributed by atoms with Gasteiger partial charge in [0.2, 0.25) is 0 Å². The van der Waals surface area contributed by atoms with E-state index in [9.17, 15) is 0 Å². The second-order valence-corrected chi connectivity index (χ2v) is 19.7. The number of nitrogens with zero attached hydrogens (tertiary/aromatic N) is 2. The summed E-state index contributed by atoms with van der Waals surface area (Å²) in [6.45, 7) is 0. The molecule has 0 saturated carbocycles. The van der Waals surface area contributed by atoms with E-state index in [0.29, 0.717) is 47.7 Å². The first-order valence-corrected chi connectivity index (χ1v) is 24.5. The number of para-hydroxylation sites is 1. The number of allylic oxidation sites excluding steroid dienone is 19. The number of rotatable bonds is 7. The van der Waals surface area contributed by atoms with Crippen LogP contribution in [0.2, 0.25) is 0 Å². The smallest absolute Gasteiger partial charge is 0.0586 e. The van der Waals surface area contributed by atoms with E-state index in [1.165, 1.54) is 89.7 Å². The van der Waals surface area contributed by atoms with Crippen molar-refractivity contribution in [2.75, 3.05) is 4.90 Å². The molecular weight excluding hydrogens is 749 g/mol. The van der Waals surface area contributed by atoms with Crippen LogP contribution in [-0.2, 0) is 0 Å². The van der Waals surface area contributed by atoms with Gasteiger partial charge in [0.05, 0.1) is 12.1 Å². The largest absolute Gasteiger partial charge is 0.357 e. The molecule has 12 rings (SSSR count). The summed E-state index contributed by atoms with van der Waals surface area (Å²) in [5.41, 5.74) is 18.1. The molecule has 0 spiro atoms. The zero-order valence-corrected chi connectivity index (χ0v) is 36.4. The Morgan fingerprint density at radius 1 is 0.613 bits per heavy atom. The molecule has 10 aliphatic rings. The third-order valence-corrected chi connectivity index (χ3v) is 16.2. The minimum Gasteiger partial charge on any atom is -0.357 e. The van der Waals surface area contributed by atoms with Gasteiger partial charge >= 0.3 is 0 Å². The van der Waals surface area contributed by atoms with Crippen molar-refractivity contribution in [1.82, 2.24) is 4.90 Å². The maximum atomic E-state index is 2.87. The average Bonchev–Trinajstić information content (AvgIpc) is 3.88. The third-order valence-electron chi connectivity index (χ3n) is 16.2. The van der Waals surface area contributed by atoms with Gasteiger partial charge < -0.3 is 9.80 Å². The summed E-state index contributed by atoms with van der Waals surface area (Å²) in [7, 11) is 0. The van der Waals surface area contributed by atoms with Crippen molar-refractivity contribution in [3.63, 3.8) is 0 Å². The Bertz CT molecular complexity index is 2530. The standard InChI is InChI=1S/C60H62N2/c1-5-18-41(19-6-1)46-34-47(42-20-7-2-8-21-42)37-50(36-46)61-57-30-15-14-27-54(57)56-40-45(32-33-59(56)61)52-28-17-29-55-53-26-13-16-31-58(53)62(60(52)55)51-38-48(43-22-9-3-10-23-43)35-49(39-51)44-24-11-4-12-25-44/h3,5,9-11,13-15,17-20,22-27,29-30,32-33,36,38-40,47,49-50,52,55-56,59-60H,1-2,4,6-8,12,16,21,28,31,34-35,37H2. The first-order valence-electron chi connectivity index (χ1n) is 24.5. The van der Waals surface area contributed by atoms with Gasteiger partial charge in [0.1, 0.15) is 0 Å². The van der Waals surface area contributed by atoms with Crippen LogP contribution >= 0.6 is 0 Å². The van der Waals surface area contributed by atoms with Crippen LogP contribution in [0.3, 0.4) is 0 Å². The van der Waals surface area contributed by atoms with Gasteiger partial charge in [-0.15, -0.1) is 0 Å². The van der Waals surface area contributed by atoms with Crippen molar-refractivity contribution < 1.29 is 0 Å². The summed E-state index contributed by atoms with van der Waals surface area (Å²) in [6.07, 6.45) is 59.9. The summed E-state index contributed by atoms with van der Waals surface area (Å²) < 4.78 is 0. The molecular formula is C60H62N2. The summed E-state index contributed by atoms with van der Waals surface area (Å²) in [5.74, 6) is 2.15. The summed E-state index contributed by atoms with van der Waals surface area (Å²) >= 11 is 0. The van der Waals surface area contributed by atoms with E-state index in [1.807, 2.05) is 0 Å². The monoisotopic (exact) mass is 810 g/mol. The lowest BCUT2D eigenvalue weighted by atomic mass is 9.72. The molecule has 8 aliphatic carbocycles. The van der Waals surface area contributed by atoms with Crippen LogP contribution in [0.15, 0.2) is 203 Å². The molecule has 0 N–H and O–H groups in total. The van der Waals surface area contributed by atoms with Crippen molar-refractivity contribution >= 4 is 11.3 Å². The van der Waals surface area contributed by atoms with Gasteiger partial charge in [-0.2, -0.15) is 0 Å². The topological polar surface area (TPSA) is 6.48 Å². The molecule has 0 saturated heterocycles.